The Morgan fingerprint density at radius 3 is 2.58 bits per heavy atom. The number of Topliss-reactive ketones (excluding diaryl/α,β-unsaturated/α-hetero) is 1. The van der Waals surface area contributed by atoms with Crippen molar-refractivity contribution in [3.8, 4) is 0 Å². The van der Waals surface area contributed by atoms with Gasteiger partial charge >= 0.3 is 5.97 Å². The zero-order chi connectivity index (χ0) is 19.1. The van der Waals surface area contributed by atoms with Gasteiger partial charge < -0.3 is 10.1 Å². The van der Waals surface area contributed by atoms with Crippen LogP contribution in [0.2, 0.25) is 0 Å². The largest absolute Gasteiger partial charge is 0.453 e. The summed E-state index contributed by atoms with van der Waals surface area (Å²) in [5, 5.41) is 2.72. The fourth-order valence-electron chi connectivity index (χ4n) is 2.44. The maximum atomic E-state index is 12.2. The Morgan fingerprint density at radius 1 is 1.12 bits per heavy atom. The number of ketones is 1. The topological polar surface area (TPSA) is 72.5 Å². The van der Waals surface area contributed by atoms with Gasteiger partial charge in [-0.3, -0.25) is 9.59 Å². The molecule has 0 unspecified atom stereocenters. The summed E-state index contributed by atoms with van der Waals surface area (Å²) in [6.07, 6.45) is 2.63. The molecule has 2 rings (SSSR count). The number of thiophene rings is 2. The number of rotatable bonds is 9. The number of nitrogens with one attached hydrogen (secondary N) is 1. The molecule has 0 aliphatic heterocycles. The minimum atomic E-state index is -0.448. The summed E-state index contributed by atoms with van der Waals surface area (Å²) in [6, 6.07) is 5.46. The first-order valence-corrected chi connectivity index (χ1v) is 10.2. The number of aryl methyl sites for hydroxylation is 2. The van der Waals surface area contributed by atoms with Gasteiger partial charge in [0.2, 0.25) is 11.7 Å². The van der Waals surface area contributed by atoms with Crippen LogP contribution in [0, 0.1) is 6.92 Å². The van der Waals surface area contributed by atoms with Crippen LogP contribution in [0.3, 0.4) is 0 Å². The molecule has 0 radical (unpaired) electrons. The Morgan fingerprint density at radius 2 is 1.88 bits per heavy atom. The molecule has 0 aliphatic carbocycles. The molecule has 0 saturated carbocycles. The number of amides is 1. The van der Waals surface area contributed by atoms with Gasteiger partial charge in [-0.25, -0.2) is 4.79 Å². The highest BCUT2D eigenvalue weighted by Gasteiger charge is 2.16. The number of esters is 1. The number of hydrogen-bond acceptors (Lipinski definition) is 6. The SMILES string of the molecule is CCCc1cc(C(=O)OCC(=O)c2ccc(CCNC(C)=O)s2)sc1C. The van der Waals surface area contributed by atoms with Crippen LogP contribution in [-0.4, -0.2) is 30.8 Å². The normalized spacial score (nSPS) is 10.6. The van der Waals surface area contributed by atoms with Crippen molar-refractivity contribution in [3.63, 3.8) is 0 Å². The molecular formula is C19H23NO4S2. The molecule has 0 atom stereocenters. The Kier molecular flexibility index (Phi) is 7.53. The molecule has 1 N–H and O–H groups in total. The van der Waals surface area contributed by atoms with Gasteiger partial charge in [-0.15, -0.1) is 22.7 Å². The van der Waals surface area contributed by atoms with Crippen LogP contribution < -0.4 is 5.32 Å². The summed E-state index contributed by atoms with van der Waals surface area (Å²) in [7, 11) is 0. The first-order valence-electron chi connectivity index (χ1n) is 8.53. The average molecular weight is 394 g/mol. The van der Waals surface area contributed by atoms with Crippen LogP contribution in [-0.2, 0) is 22.4 Å². The van der Waals surface area contributed by atoms with Gasteiger partial charge in [-0.05, 0) is 43.5 Å². The molecule has 0 bridgehead atoms. The van der Waals surface area contributed by atoms with Crippen molar-refractivity contribution in [2.45, 2.75) is 40.0 Å². The third-order valence-corrected chi connectivity index (χ3v) is 6.02. The highest BCUT2D eigenvalue weighted by atomic mass is 32.1. The number of carbonyl (C=O) groups is 3. The Hall–Kier alpha value is -1.99. The Bertz CT molecular complexity index is 791. The van der Waals surface area contributed by atoms with E-state index in [1.54, 1.807) is 6.07 Å². The molecular weight excluding hydrogens is 370 g/mol. The number of ether oxygens (including phenoxy) is 1. The fraction of sp³-hybridized carbons (Fsp3) is 0.421. The molecule has 26 heavy (non-hydrogen) atoms. The lowest BCUT2D eigenvalue weighted by atomic mass is 10.1. The molecule has 2 heterocycles. The predicted octanol–water partition coefficient (Wildman–Crippen LogP) is 3.79. The fourth-order valence-corrected chi connectivity index (χ4v) is 4.33. The molecule has 0 saturated heterocycles. The predicted molar refractivity (Wildman–Crippen MR) is 104 cm³/mol. The van der Waals surface area contributed by atoms with Crippen LogP contribution in [0.25, 0.3) is 0 Å². The van der Waals surface area contributed by atoms with E-state index in [2.05, 4.69) is 12.2 Å². The summed E-state index contributed by atoms with van der Waals surface area (Å²) in [5.74, 6) is -0.733. The molecule has 0 aromatic carbocycles. The number of hydrogen-bond donors (Lipinski definition) is 1. The van der Waals surface area contributed by atoms with Crippen molar-refractivity contribution in [1.82, 2.24) is 5.32 Å². The van der Waals surface area contributed by atoms with E-state index in [1.807, 2.05) is 19.1 Å². The molecule has 0 fully saturated rings. The van der Waals surface area contributed by atoms with E-state index in [0.29, 0.717) is 22.7 Å². The first-order chi connectivity index (χ1) is 12.4. The molecule has 1 amide bonds. The van der Waals surface area contributed by atoms with Crippen molar-refractivity contribution in [3.05, 3.63) is 43.3 Å². The van der Waals surface area contributed by atoms with E-state index < -0.39 is 5.97 Å². The standard InChI is InChI=1S/C19H23NO4S2/c1-4-5-14-10-18(25-12(14)2)19(23)24-11-16(22)17-7-6-15(26-17)8-9-20-13(3)21/h6-7,10H,4-5,8-9,11H2,1-3H3,(H,20,21). The minimum absolute atomic E-state index is 0.0734. The molecule has 2 aromatic rings. The van der Waals surface area contributed by atoms with Gasteiger partial charge in [0.15, 0.2) is 6.61 Å². The van der Waals surface area contributed by atoms with Crippen LogP contribution >= 0.6 is 22.7 Å². The van der Waals surface area contributed by atoms with Crippen LogP contribution in [0.1, 0.15) is 54.9 Å². The van der Waals surface area contributed by atoms with Crippen LogP contribution in [0.4, 0.5) is 0 Å². The lowest BCUT2D eigenvalue weighted by Gasteiger charge is -2.01. The highest BCUT2D eigenvalue weighted by molar-refractivity contribution is 7.14. The molecule has 7 heteroatoms. The van der Waals surface area contributed by atoms with Gasteiger partial charge in [0.05, 0.1) is 4.88 Å². The van der Waals surface area contributed by atoms with Gasteiger partial charge in [-0.2, -0.15) is 0 Å². The quantitative estimate of drug-likeness (QED) is 0.520. The minimum Gasteiger partial charge on any atom is -0.453 e. The second kappa shape index (κ2) is 9.64. The Labute approximate surface area is 161 Å². The van der Waals surface area contributed by atoms with Gasteiger partial charge in [0.1, 0.15) is 4.88 Å². The third-order valence-electron chi connectivity index (χ3n) is 3.76. The van der Waals surface area contributed by atoms with Gasteiger partial charge in [0, 0.05) is 23.2 Å². The first kappa shape index (κ1) is 20.3. The molecule has 2 aromatic heterocycles. The lowest BCUT2D eigenvalue weighted by Crippen LogP contribution is -2.22. The zero-order valence-electron chi connectivity index (χ0n) is 15.2. The summed E-state index contributed by atoms with van der Waals surface area (Å²) in [4.78, 5) is 38.5. The summed E-state index contributed by atoms with van der Waals surface area (Å²) in [6.45, 7) is 5.84. The van der Waals surface area contributed by atoms with Crippen LogP contribution in [0.15, 0.2) is 18.2 Å². The highest BCUT2D eigenvalue weighted by Crippen LogP contribution is 2.24. The van der Waals surface area contributed by atoms with Crippen molar-refractivity contribution < 1.29 is 19.1 Å². The zero-order valence-corrected chi connectivity index (χ0v) is 16.9. The maximum absolute atomic E-state index is 12.2. The van der Waals surface area contributed by atoms with Crippen LogP contribution in [0.5, 0.6) is 0 Å². The second-order valence-electron chi connectivity index (χ2n) is 5.94. The Balaban J connectivity index is 1.86. The molecule has 0 aliphatic rings. The lowest BCUT2D eigenvalue weighted by molar-refractivity contribution is -0.118. The third kappa shape index (κ3) is 5.78. The summed E-state index contributed by atoms with van der Waals surface area (Å²) >= 11 is 2.77. The van der Waals surface area contributed by atoms with Gasteiger partial charge in [-0.1, -0.05) is 13.3 Å². The maximum Gasteiger partial charge on any atom is 0.348 e. The second-order valence-corrected chi connectivity index (χ2v) is 8.36. The van der Waals surface area contributed by atoms with E-state index in [-0.39, 0.29) is 18.3 Å². The van der Waals surface area contributed by atoms with E-state index in [9.17, 15) is 14.4 Å². The molecule has 0 spiro atoms. The van der Waals surface area contributed by atoms with E-state index in [4.69, 9.17) is 4.74 Å². The van der Waals surface area contributed by atoms with Gasteiger partial charge in [0.25, 0.3) is 0 Å². The van der Waals surface area contributed by atoms with E-state index >= 15 is 0 Å². The van der Waals surface area contributed by atoms with E-state index in [1.165, 1.54) is 29.6 Å². The summed E-state index contributed by atoms with van der Waals surface area (Å²) < 4.78 is 5.18. The number of carbonyl (C=O) groups excluding carboxylic acids is 3. The average Bonchev–Trinajstić information content (AvgIpc) is 3.20. The van der Waals surface area contributed by atoms with Crippen molar-refractivity contribution >= 4 is 40.3 Å². The summed E-state index contributed by atoms with van der Waals surface area (Å²) in [5.41, 5.74) is 1.16. The molecule has 5 nitrogen and oxygen atoms in total. The molecule has 140 valence electrons. The monoisotopic (exact) mass is 393 g/mol. The van der Waals surface area contributed by atoms with Crippen molar-refractivity contribution in [1.29, 1.82) is 0 Å². The van der Waals surface area contributed by atoms with Crippen molar-refractivity contribution in [2.75, 3.05) is 13.2 Å². The van der Waals surface area contributed by atoms with E-state index in [0.717, 1.165) is 28.2 Å². The van der Waals surface area contributed by atoms with Crippen molar-refractivity contribution in [2.24, 2.45) is 0 Å². The smallest absolute Gasteiger partial charge is 0.348 e.